The van der Waals surface area contributed by atoms with Gasteiger partial charge in [0.15, 0.2) is 5.13 Å². The lowest BCUT2D eigenvalue weighted by molar-refractivity contribution is -0.121. The number of aromatic nitrogens is 1. The number of hydrogen-bond donors (Lipinski definition) is 0. The van der Waals surface area contributed by atoms with E-state index in [0.29, 0.717) is 20.1 Å². The fourth-order valence-corrected chi connectivity index (χ4v) is 4.51. The second kappa shape index (κ2) is 7.30. The summed E-state index contributed by atoms with van der Waals surface area (Å²) in [4.78, 5) is 32.6. The number of amides is 2. The third-order valence-electron chi connectivity index (χ3n) is 4.10. The van der Waals surface area contributed by atoms with Crippen LogP contribution in [-0.2, 0) is 9.59 Å². The topological polar surface area (TPSA) is 53.5 Å². The van der Waals surface area contributed by atoms with Gasteiger partial charge in [-0.25, -0.2) is 4.98 Å². The monoisotopic (exact) mass is 403 g/mol. The standard InChI is InChI=1S/C18H17N3O2S3/c1-10-6-5-7-14(11(10)2)21(12(3)22)17-19-13(9-25-17)8-15-16(23)20(4)18(24)26-15/h5-9H,1-4H3/b15-8-. The van der Waals surface area contributed by atoms with Crippen LogP contribution in [0.15, 0.2) is 28.5 Å². The Balaban J connectivity index is 1.97. The van der Waals surface area contributed by atoms with E-state index in [2.05, 4.69) is 4.98 Å². The molecule has 0 atom stereocenters. The maximum atomic E-state index is 12.3. The van der Waals surface area contributed by atoms with Crippen LogP contribution < -0.4 is 4.90 Å². The highest BCUT2D eigenvalue weighted by atomic mass is 32.2. The van der Waals surface area contributed by atoms with Gasteiger partial charge in [-0.15, -0.1) is 11.3 Å². The fraction of sp³-hybridized carbons (Fsp3) is 0.222. The molecule has 0 N–H and O–H groups in total. The summed E-state index contributed by atoms with van der Waals surface area (Å²) < 4.78 is 0.525. The molecule has 8 heteroatoms. The molecule has 2 heterocycles. The van der Waals surface area contributed by atoms with Crippen LogP contribution in [0.25, 0.3) is 6.08 Å². The molecule has 0 aliphatic carbocycles. The summed E-state index contributed by atoms with van der Waals surface area (Å²) >= 11 is 7.76. The average molecular weight is 404 g/mol. The first kappa shape index (κ1) is 18.8. The molecule has 0 unspecified atom stereocenters. The number of likely N-dealkylation sites (N-methyl/N-ethyl adjacent to an activating group) is 1. The summed E-state index contributed by atoms with van der Waals surface area (Å²) in [5.41, 5.74) is 3.59. The minimum absolute atomic E-state index is 0.112. The van der Waals surface area contributed by atoms with E-state index in [-0.39, 0.29) is 11.8 Å². The highest BCUT2D eigenvalue weighted by Gasteiger charge is 2.29. The molecule has 2 aromatic rings. The van der Waals surface area contributed by atoms with Gasteiger partial charge in [-0.1, -0.05) is 36.1 Å². The Morgan fingerprint density at radius 3 is 2.69 bits per heavy atom. The van der Waals surface area contributed by atoms with Crippen molar-refractivity contribution in [3.05, 3.63) is 45.3 Å². The van der Waals surface area contributed by atoms with E-state index in [1.54, 1.807) is 18.0 Å². The van der Waals surface area contributed by atoms with Crippen molar-refractivity contribution < 1.29 is 9.59 Å². The Morgan fingerprint density at radius 1 is 1.35 bits per heavy atom. The molecule has 2 amide bonds. The summed E-state index contributed by atoms with van der Waals surface area (Å²) in [5.74, 6) is -0.244. The predicted molar refractivity (Wildman–Crippen MR) is 112 cm³/mol. The van der Waals surface area contributed by atoms with Crippen LogP contribution in [0.5, 0.6) is 0 Å². The second-order valence-corrected chi connectivity index (χ2v) is 8.38. The Hall–Kier alpha value is -2.03. The van der Waals surface area contributed by atoms with Gasteiger partial charge in [-0.3, -0.25) is 19.4 Å². The predicted octanol–water partition coefficient (Wildman–Crippen LogP) is 4.28. The van der Waals surface area contributed by atoms with Gasteiger partial charge >= 0.3 is 0 Å². The lowest BCUT2D eigenvalue weighted by atomic mass is 10.1. The zero-order valence-electron chi connectivity index (χ0n) is 14.8. The van der Waals surface area contributed by atoms with Crippen molar-refractivity contribution in [2.45, 2.75) is 20.8 Å². The SMILES string of the molecule is CC(=O)N(c1nc(/C=C2\SC(=S)N(C)C2=O)cs1)c1cccc(C)c1C. The van der Waals surface area contributed by atoms with Crippen molar-refractivity contribution in [1.82, 2.24) is 9.88 Å². The van der Waals surface area contributed by atoms with Gasteiger partial charge in [0, 0.05) is 19.4 Å². The maximum Gasteiger partial charge on any atom is 0.265 e. The van der Waals surface area contributed by atoms with E-state index in [0.717, 1.165) is 16.8 Å². The van der Waals surface area contributed by atoms with Crippen LogP contribution in [0.1, 0.15) is 23.7 Å². The van der Waals surface area contributed by atoms with Crippen molar-refractivity contribution in [3.63, 3.8) is 0 Å². The highest BCUT2D eigenvalue weighted by Crippen LogP contribution is 2.35. The zero-order valence-corrected chi connectivity index (χ0v) is 17.2. The van der Waals surface area contributed by atoms with Gasteiger partial charge in [-0.05, 0) is 37.1 Å². The van der Waals surface area contributed by atoms with Crippen LogP contribution in [-0.4, -0.2) is 33.1 Å². The number of rotatable bonds is 3. The molecule has 5 nitrogen and oxygen atoms in total. The first-order valence-electron chi connectivity index (χ1n) is 7.83. The summed E-state index contributed by atoms with van der Waals surface area (Å²) in [6.45, 7) is 5.52. The summed E-state index contributed by atoms with van der Waals surface area (Å²) in [6, 6.07) is 5.85. The Bertz CT molecular complexity index is 949. The maximum absolute atomic E-state index is 12.3. The Kier molecular flexibility index (Phi) is 5.27. The number of hydrogen-bond acceptors (Lipinski definition) is 6. The number of thiocarbonyl (C=S) groups is 1. The molecular weight excluding hydrogens is 386 g/mol. The van der Waals surface area contributed by atoms with Gasteiger partial charge < -0.3 is 0 Å². The van der Waals surface area contributed by atoms with E-state index in [1.165, 1.54) is 34.9 Å². The van der Waals surface area contributed by atoms with E-state index >= 15 is 0 Å². The van der Waals surface area contributed by atoms with Crippen molar-refractivity contribution in [2.24, 2.45) is 0 Å². The van der Waals surface area contributed by atoms with Crippen molar-refractivity contribution in [3.8, 4) is 0 Å². The number of thiazole rings is 1. The number of carbonyl (C=O) groups excluding carboxylic acids is 2. The lowest BCUT2D eigenvalue weighted by Crippen LogP contribution is -2.23. The fourth-order valence-electron chi connectivity index (χ4n) is 2.51. The number of anilines is 2. The summed E-state index contributed by atoms with van der Waals surface area (Å²) in [6.07, 6.45) is 1.71. The van der Waals surface area contributed by atoms with E-state index < -0.39 is 0 Å². The van der Waals surface area contributed by atoms with Crippen molar-refractivity contribution in [1.29, 1.82) is 0 Å². The summed E-state index contributed by atoms with van der Waals surface area (Å²) in [7, 11) is 1.66. The molecule has 1 fully saturated rings. The molecule has 1 aromatic carbocycles. The molecule has 0 saturated carbocycles. The molecule has 1 aromatic heterocycles. The van der Waals surface area contributed by atoms with Crippen molar-refractivity contribution >= 4 is 68.3 Å². The van der Waals surface area contributed by atoms with Crippen LogP contribution in [0, 0.1) is 13.8 Å². The van der Waals surface area contributed by atoms with E-state index in [1.807, 2.05) is 37.4 Å². The number of benzene rings is 1. The first-order chi connectivity index (χ1) is 12.3. The van der Waals surface area contributed by atoms with Gasteiger partial charge in [0.2, 0.25) is 5.91 Å². The average Bonchev–Trinajstić information content (AvgIpc) is 3.13. The molecule has 0 bridgehead atoms. The van der Waals surface area contributed by atoms with Gasteiger partial charge in [0.05, 0.1) is 16.3 Å². The Morgan fingerprint density at radius 2 is 2.08 bits per heavy atom. The molecule has 0 spiro atoms. The van der Waals surface area contributed by atoms with Gasteiger partial charge in [0.25, 0.3) is 5.91 Å². The van der Waals surface area contributed by atoms with Gasteiger partial charge in [-0.2, -0.15) is 0 Å². The number of nitrogens with zero attached hydrogens (tertiary/aromatic N) is 3. The summed E-state index contributed by atoms with van der Waals surface area (Å²) in [5, 5.41) is 2.41. The molecule has 0 radical (unpaired) electrons. The lowest BCUT2D eigenvalue weighted by Gasteiger charge is -2.21. The molecule has 1 aliphatic rings. The van der Waals surface area contributed by atoms with Crippen LogP contribution in [0.2, 0.25) is 0 Å². The smallest absolute Gasteiger partial charge is 0.265 e. The second-order valence-electron chi connectivity index (χ2n) is 5.87. The molecule has 3 rings (SSSR count). The molecular formula is C18H17N3O2S3. The molecule has 1 aliphatic heterocycles. The highest BCUT2D eigenvalue weighted by molar-refractivity contribution is 8.26. The molecule has 1 saturated heterocycles. The molecule has 134 valence electrons. The van der Waals surface area contributed by atoms with Gasteiger partial charge in [0.1, 0.15) is 4.32 Å². The van der Waals surface area contributed by atoms with Crippen molar-refractivity contribution in [2.75, 3.05) is 11.9 Å². The first-order valence-corrected chi connectivity index (χ1v) is 9.94. The van der Waals surface area contributed by atoms with E-state index in [9.17, 15) is 9.59 Å². The number of carbonyl (C=O) groups is 2. The molecule has 26 heavy (non-hydrogen) atoms. The minimum Gasteiger partial charge on any atom is -0.296 e. The third-order valence-corrected chi connectivity index (χ3v) is 6.43. The number of thioether (sulfide) groups is 1. The van der Waals surface area contributed by atoms with Crippen LogP contribution in [0.3, 0.4) is 0 Å². The largest absolute Gasteiger partial charge is 0.296 e. The quantitative estimate of drug-likeness (QED) is 0.566. The van der Waals surface area contributed by atoms with E-state index in [4.69, 9.17) is 12.2 Å². The Labute approximate surface area is 165 Å². The normalized spacial score (nSPS) is 15.8. The van der Waals surface area contributed by atoms with Crippen LogP contribution in [0.4, 0.5) is 10.8 Å². The minimum atomic E-state index is -0.132. The number of aryl methyl sites for hydroxylation is 1. The van der Waals surface area contributed by atoms with Crippen LogP contribution >= 0.6 is 35.3 Å². The zero-order chi connectivity index (χ0) is 19.0. The third kappa shape index (κ3) is 3.44.